The number of hydrogen-bond donors (Lipinski definition) is 0. The molecule has 1 amide bonds. The average molecular weight is 694 g/mol. The van der Waals surface area contributed by atoms with Gasteiger partial charge < -0.3 is 24.2 Å². The number of carbonyl (C=O) groups excluding carboxylic acids is 2. The summed E-state index contributed by atoms with van der Waals surface area (Å²) in [4.78, 5) is 43.5. The summed E-state index contributed by atoms with van der Waals surface area (Å²) in [5.74, 6) is 0.616. The molecule has 3 atom stereocenters. The highest BCUT2D eigenvalue weighted by Crippen LogP contribution is 2.44. The first-order chi connectivity index (χ1) is 21.9. The third-order valence-corrected chi connectivity index (χ3v) is 10.1. The molecule has 2 saturated heterocycles. The largest absolute Gasteiger partial charge is 0.462 e. The van der Waals surface area contributed by atoms with E-state index >= 15 is 0 Å². The Hall–Kier alpha value is -3.49. The minimum Gasteiger partial charge on any atom is -0.462 e. The Kier molecular flexibility index (Phi) is 10.4. The first-order valence-electron chi connectivity index (χ1n) is 16.2. The molecule has 11 heteroatoms. The quantitative estimate of drug-likeness (QED) is 0.293. The van der Waals surface area contributed by atoms with Gasteiger partial charge in [0.25, 0.3) is 0 Å². The average Bonchev–Trinajstić information content (AvgIpc) is 3.42. The number of hydrogen-bond acceptors (Lipinski definition) is 9. The zero-order valence-corrected chi connectivity index (χ0v) is 29.0. The Balaban J connectivity index is 1.51. The van der Waals surface area contributed by atoms with E-state index in [-0.39, 0.29) is 24.3 Å². The van der Waals surface area contributed by atoms with Gasteiger partial charge in [0.2, 0.25) is 0 Å². The van der Waals surface area contributed by atoms with E-state index in [9.17, 15) is 14.9 Å². The smallest absolute Gasteiger partial charge is 0.410 e. The van der Waals surface area contributed by atoms with Crippen LogP contribution in [0.15, 0.2) is 41.4 Å². The molecule has 1 aromatic heterocycles. The number of carbonyl (C=O) groups is 2. The molecule has 0 unspecified atom stereocenters. The third kappa shape index (κ3) is 7.39. The standard InChI is InChI=1S/C35H45BrN6O4/c1-6-15-35(21-24-10-7-8-12-28(24)36)16-13-27-29(30(35)43)38-32(45-23-26-11-9-18-40(26)5)39-31(27)41-19-20-42(25(22-41)14-17-37)33(44)46-34(2,3)4/h6-8,10,12,25-26H,1,9,11,13-16,18-23H2,2-5H3/t25-,26-,35+/m0/s1. The van der Waals surface area contributed by atoms with Crippen molar-refractivity contribution in [3.8, 4) is 12.1 Å². The van der Waals surface area contributed by atoms with Crippen LogP contribution in [0.25, 0.3) is 0 Å². The van der Waals surface area contributed by atoms with Gasteiger partial charge in [0, 0.05) is 41.1 Å². The fourth-order valence-corrected chi connectivity index (χ4v) is 7.32. The monoisotopic (exact) mass is 692 g/mol. The molecule has 10 nitrogen and oxygen atoms in total. The summed E-state index contributed by atoms with van der Waals surface area (Å²) in [6.07, 6.45) is 5.99. The van der Waals surface area contributed by atoms with Gasteiger partial charge in [-0.3, -0.25) is 4.79 Å². The van der Waals surface area contributed by atoms with Crippen LogP contribution < -0.4 is 9.64 Å². The van der Waals surface area contributed by atoms with E-state index in [0.29, 0.717) is 63.4 Å². The van der Waals surface area contributed by atoms with Crippen molar-refractivity contribution in [2.24, 2.45) is 5.41 Å². The van der Waals surface area contributed by atoms with Crippen molar-refractivity contribution in [3.05, 3.63) is 58.2 Å². The SMILES string of the molecule is C=CC[C@]1(Cc2ccccc2Br)CCc2c(nc(OC[C@@H]3CCCN3C)nc2N2CCN(C(=O)OC(C)(C)C)[C@@H](CC#N)C2)C1=O. The number of amides is 1. The maximum absolute atomic E-state index is 14.6. The molecule has 0 spiro atoms. The van der Waals surface area contributed by atoms with Crippen LogP contribution in [0.5, 0.6) is 6.01 Å². The van der Waals surface area contributed by atoms with E-state index in [1.165, 1.54) is 0 Å². The highest BCUT2D eigenvalue weighted by molar-refractivity contribution is 9.10. The predicted molar refractivity (Wildman–Crippen MR) is 180 cm³/mol. The van der Waals surface area contributed by atoms with Gasteiger partial charge in [-0.25, -0.2) is 4.79 Å². The second-order valence-electron chi connectivity index (χ2n) is 13.8. The molecule has 3 heterocycles. The van der Waals surface area contributed by atoms with Crippen LogP contribution >= 0.6 is 15.9 Å². The van der Waals surface area contributed by atoms with Gasteiger partial charge in [-0.1, -0.05) is 40.2 Å². The number of aromatic nitrogens is 2. The van der Waals surface area contributed by atoms with Gasteiger partial charge >= 0.3 is 12.1 Å². The number of ketones is 1. The first-order valence-corrected chi connectivity index (χ1v) is 17.0. The number of Topliss-reactive ketones (excluding diaryl/α,β-unsaturated/α-hetero) is 1. The Morgan fingerprint density at radius 2 is 2.00 bits per heavy atom. The molecule has 2 aromatic rings. The van der Waals surface area contributed by atoms with Crippen LogP contribution in [0.2, 0.25) is 0 Å². The zero-order valence-electron chi connectivity index (χ0n) is 27.4. The summed E-state index contributed by atoms with van der Waals surface area (Å²) in [6, 6.07) is 10.3. The number of ether oxygens (including phenoxy) is 2. The molecule has 2 fully saturated rings. The first kappa shape index (κ1) is 33.9. The van der Waals surface area contributed by atoms with Crippen molar-refractivity contribution >= 4 is 33.6 Å². The highest BCUT2D eigenvalue weighted by atomic mass is 79.9. The van der Waals surface area contributed by atoms with Gasteiger partial charge in [0.1, 0.15) is 23.7 Å². The molecule has 246 valence electrons. The molecule has 1 aromatic carbocycles. The third-order valence-electron chi connectivity index (χ3n) is 9.35. The number of piperazine rings is 1. The van der Waals surface area contributed by atoms with E-state index < -0.39 is 23.2 Å². The van der Waals surface area contributed by atoms with Crippen LogP contribution in [-0.2, 0) is 17.6 Å². The van der Waals surface area contributed by atoms with E-state index in [4.69, 9.17) is 19.4 Å². The van der Waals surface area contributed by atoms with Crippen molar-refractivity contribution in [2.75, 3.05) is 44.7 Å². The number of likely N-dealkylation sites (N-methyl/N-ethyl adjacent to an activating group) is 1. The maximum Gasteiger partial charge on any atom is 0.410 e. The lowest BCUT2D eigenvalue weighted by atomic mass is 9.66. The van der Waals surface area contributed by atoms with Crippen LogP contribution in [0.4, 0.5) is 10.6 Å². The zero-order chi connectivity index (χ0) is 33.1. The normalized spacial score (nSPS) is 23.5. The van der Waals surface area contributed by atoms with Crippen molar-refractivity contribution in [1.82, 2.24) is 19.8 Å². The van der Waals surface area contributed by atoms with E-state index in [2.05, 4.69) is 51.5 Å². The number of rotatable bonds is 9. The van der Waals surface area contributed by atoms with Crippen molar-refractivity contribution in [1.29, 1.82) is 5.26 Å². The van der Waals surface area contributed by atoms with Gasteiger partial charge in [-0.2, -0.15) is 15.2 Å². The van der Waals surface area contributed by atoms with Gasteiger partial charge in [0.15, 0.2) is 5.78 Å². The van der Waals surface area contributed by atoms with Crippen LogP contribution in [0.3, 0.4) is 0 Å². The molecule has 0 saturated carbocycles. The van der Waals surface area contributed by atoms with Gasteiger partial charge in [0.05, 0.1) is 18.5 Å². The van der Waals surface area contributed by atoms with Crippen LogP contribution in [0, 0.1) is 16.7 Å². The number of fused-ring (bicyclic) bond motifs is 1. The topological polar surface area (TPSA) is 112 Å². The Labute approximate surface area is 280 Å². The second-order valence-corrected chi connectivity index (χ2v) is 14.6. The lowest BCUT2D eigenvalue weighted by molar-refractivity contribution is 0.0144. The summed E-state index contributed by atoms with van der Waals surface area (Å²) in [5.41, 5.74) is 0.903. The number of likely N-dealkylation sites (tertiary alicyclic amines) is 1. The van der Waals surface area contributed by atoms with Crippen molar-refractivity contribution in [2.45, 2.75) is 83.4 Å². The summed E-state index contributed by atoms with van der Waals surface area (Å²) in [6.45, 7) is 12.2. The van der Waals surface area contributed by atoms with E-state index in [1.807, 2.05) is 45.0 Å². The van der Waals surface area contributed by atoms with Gasteiger partial charge in [-0.05, 0) is 84.5 Å². The molecule has 3 aliphatic rings. The lowest BCUT2D eigenvalue weighted by Gasteiger charge is -2.43. The molecule has 46 heavy (non-hydrogen) atoms. The van der Waals surface area contributed by atoms with Crippen molar-refractivity contribution in [3.63, 3.8) is 0 Å². The Bertz CT molecular complexity index is 1500. The minimum absolute atomic E-state index is 0.0307. The maximum atomic E-state index is 14.6. The predicted octanol–water partition coefficient (Wildman–Crippen LogP) is 5.99. The van der Waals surface area contributed by atoms with Crippen LogP contribution in [0.1, 0.15) is 74.5 Å². The molecule has 5 rings (SSSR count). The molecular formula is C35H45BrN6O4. The summed E-state index contributed by atoms with van der Waals surface area (Å²) in [7, 11) is 2.09. The van der Waals surface area contributed by atoms with Gasteiger partial charge in [-0.15, -0.1) is 6.58 Å². The molecule has 0 N–H and O–H groups in total. The molecular weight excluding hydrogens is 648 g/mol. The summed E-state index contributed by atoms with van der Waals surface area (Å²) in [5, 5.41) is 9.67. The number of anilines is 1. The lowest BCUT2D eigenvalue weighted by Crippen LogP contribution is -2.56. The fraction of sp³-hybridized carbons (Fsp3) is 0.571. The molecule has 0 bridgehead atoms. The van der Waals surface area contributed by atoms with E-state index in [0.717, 1.165) is 35.0 Å². The van der Waals surface area contributed by atoms with E-state index in [1.54, 1.807) is 4.90 Å². The highest BCUT2D eigenvalue weighted by Gasteiger charge is 2.45. The number of benzene rings is 1. The fourth-order valence-electron chi connectivity index (χ4n) is 6.89. The summed E-state index contributed by atoms with van der Waals surface area (Å²) >= 11 is 3.68. The number of nitrogens with zero attached hydrogens (tertiary/aromatic N) is 6. The number of allylic oxidation sites excluding steroid dienone is 1. The Morgan fingerprint density at radius 1 is 1.22 bits per heavy atom. The second kappa shape index (κ2) is 14.1. The van der Waals surface area contributed by atoms with Crippen molar-refractivity contribution < 1.29 is 19.1 Å². The Morgan fingerprint density at radius 3 is 2.67 bits per heavy atom. The summed E-state index contributed by atoms with van der Waals surface area (Å²) < 4.78 is 12.9. The molecule has 2 aliphatic heterocycles. The minimum atomic E-state index is -0.702. The number of halogens is 1. The molecule has 0 radical (unpaired) electrons. The number of nitriles is 1. The van der Waals surface area contributed by atoms with Crippen LogP contribution in [-0.4, -0.2) is 89.2 Å². The molecule has 1 aliphatic carbocycles.